The fourth-order valence-corrected chi connectivity index (χ4v) is 5.26. The van der Waals surface area contributed by atoms with Gasteiger partial charge in [-0.3, -0.25) is 4.90 Å². The van der Waals surface area contributed by atoms with E-state index in [0.29, 0.717) is 17.6 Å². The van der Waals surface area contributed by atoms with Gasteiger partial charge in [0.05, 0.1) is 12.7 Å². The third-order valence-electron chi connectivity index (χ3n) is 7.02. The zero-order valence-corrected chi connectivity index (χ0v) is 22.8. The molecule has 1 aliphatic rings. The molecule has 0 amide bonds. The molecule has 1 aliphatic carbocycles. The molecule has 194 valence electrons. The second-order valence-electron chi connectivity index (χ2n) is 9.72. The molecule has 2 atom stereocenters. The molecular weight excluding hydrogens is 489 g/mol. The molecule has 1 N–H and O–H groups in total. The number of halogens is 2. The van der Waals surface area contributed by atoms with E-state index < -0.39 is 6.10 Å². The lowest BCUT2D eigenvalue weighted by atomic mass is 9.99. The monoisotopic (exact) mass is 527 g/mol. The van der Waals surface area contributed by atoms with Crippen molar-refractivity contribution in [2.75, 3.05) is 13.2 Å². The van der Waals surface area contributed by atoms with Crippen LogP contribution >= 0.6 is 24.0 Å². The van der Waals surface area contributed by atoms with Gasteiger partial charge in [0.15, 0.2) is 0 Å². The minimum atomic E-state index is -0.589. The standard InChI is InChI=1S/C31H38ClNO2.ClH/c1-2-3-7-18-35-30-17-16-25-12-9-15-29(20-27(25)21-30)33(22-24-10-5-4-6-11-24)23-31(34)26-13-8-14-28(32)19-26;/h4-6,8,10-11,13-14,16-17,19,21,29,31,34H,2-3,7,9,12,15,18,20,22-23H2,1H3;1H/t29?,31-;/m0./s1. The van der Waals surface area contributed by atoms with Gasteiger partial charge in [0.25, 0.3) is 0 Å². The molecule has 1 unspecified atom stereocenters. The van der Waals surface area contributed by atoms with Crippen molar-refractivity contribution in [3.63, 3.8) is 0 Å². The lowest BCUT2D eigenvalue weighted by Gasteiger charge is -2.33. The van der Waals surface area contributed by atoms with Gasteiger partial charge in [-0.1, -0.05) is 79.9 Å². The minimum absolute atomic E-state index is 0. The third-order valence-corrected chi connectivity index (χ3v) is 7.25. The van der Waals surface area contributed by atoms with E-state index in [1.807, 2.05) is 24.3 Å². The summed E-state index contributed by atoms with van der Waals surface area (Å²) >= 11 is 6.21. The number of unbranched alkanes of at least 4 members (excludes halogenated alkanes) is 2. The van der Waals surface area contributed by atoms with Crippen LogP contribution in [-0.2, 0) is 19.4 Å². The quantitative estimate of drug-likeness (QED) is 0.204. The summed E-state index contributed by atoms with van der Waals surface area (Å²) in [5.74, 6) is 0.981. The van der Waals surface area contributed by atoms with E-state index in [1.54, 1.807) is 0 Å². The van der Waals surface area contributed by atoms with E-state index in [4.69, 9.17) is 16.3 Å². The van der Waals surface area contributed by atoms with Gasteiger partial charge < -0.3 is 9.84 Å². The van der Waals surface area contributed by atoms with Gasteiger partial charge in [0.2, 0.25) is 0 Å². The zero-order valence-electron chi connectivity index (χ0n) is 21.2. The molecular formula is C31H39Cl2NO2. The van der Waals surface area contributed by atoms with Crippen LogP contribution in [-0.4, -0.2) is 29.2 Å². The molecule has 4 rings (SSSR count). The van der Waals surface area contributed by atoms with Gasteiger partial charge in [-0.25, -0.2) is 0 Å². The smallest absolute Gasteiger partial charge is 0.119 e. The Bertz CT molecular complexity index is 1060. The number of benzene rings is 3. The molecule has 0 aliphatic heterocycles. The first-order chi connectivity index (χ1) is 17.1. The van der Waals surface area contributed by atoms with Crippen LogP contribution in [0.15, 0.2) is 72.8 Å². The van der Waals surface area contributed by atoms with E-state index in [9.17, 15) is 5.11 Å². The highest BCUT2D eigenvalue weighted by atomic mass is 35.5. The highest BCUT2D eigenvalue weighted by Crippen LogP contribution is 2.30. The lowest BCUT2D eigenvalue weighted by Crippen LogP contribution is -2.39. The van der Waals surface area contributed by atoms with Gasteiger partial charge >= 0.3 is 0 Å². The van der Waals surface area contributed by atoms with E-state index in [-0.39, 0.29) is 12.4 Å². The summed E-state index contributed by atoms with van der Waals surface area (Å²) in [7, 11) is 0. The van der Waals surface area contributed by atoms with Crippen LogP contribution in [0.5, 0.6) is 5.75 Å². The summed E-state index contributed by atoms with van der Waals surface area (Å²) in [5, 5.41) is 11.8. The van der Waals surface area contributed by atoms with Crippen molar-refractivity contribution in [3.05, 3.63) is 100 Å². The fraction of sp³-hybridized carbons (Fsp3) is 0.419. The number of aliphatic hydroxyl groups excluding tert-OH is 1. The van der Waals surface area contributed by atoms with Crippen molar-refractivity contribution < 1.29 is 9.84 Å². The topological polar surface area (TPSA) is 32.7 Å². The molecule has 36 heavy (non-hydrogen) atoms. The highest BCUT2D eigenvalue weighted by molar-refractivity contribution is 6.30. The first kappa shape index (κ1) is 28.5. The van der Waals surface area contributed by atoms with Crippen molar-refractivity contribution in [1.29, 1.82) is 0 Å². The van der Waals surface area contributed by atoms with Crippen molar-refractivity contribution >= 4 is 24.0 Å². The average Bonchev–Trinajstić information content (AvgIpc) is 3.09. The number of aryl methyl sites for hydroxylation is 1. The SMILES string of the molecule is CCCCCOc1ccc2c(c1)CC(N(Cc1ccccc1)C[C@H](O)c1cccc(Cl)c1)CCC2.Cl. The van der Waals surface area contributed by atoms with Gasteiger partial charge in [0, 0.05) is 24.2 Å². The molecule has 0 aromatic heterocycles. The summed E-state index contributed by atoms with van der Waals surface area (Å²) in [6.07, 6.45) is 7.23. The van der Waals surface area contributed by atoms with Crippen molar-refractivity contribution in [1.82, 2.24) is 4.90 Å². The summed E-state index contributed by atoms with van der Waals surface area (Å²) in [5.41, 5.74) is 4.95. The van der Waals surface area contributed by atoms with Crippen LogP contribution < -0.4 is 4.74 Å². The van der Waals surface area contributed by atoms with Crippen molar-refractivity contribution in [2.24, 2.45) is 0 Å². The second kappa shape index (κ2) is 14.6. The zero-order chi connectivity index (χ0) is 24.5. The van der Waals surface area contributed by atoms with Crippen LogP contribution in [0.3, 0.4) is 0 Å². The van der Waals surface area contributed by atoms with Gasteiger partial charge in [0.1, 0.15) is 5.75 Å². The number of ether oxygens (including phenoxy) is 1. The molecule has 3 aromatic rings. The first-order valence-corrected chi connectivity index (χ1v) is 13.5. The number of nitrogens with zero attached hydrogens (tertiary/aromatic N) is 1. The summed E-state index contributed by atoms with van der Waals surface area (Å²) < 4.78 is 6.07. The number of fused-ring (bicyclic) bond motifs is 1. The number of hydrogen-bond acceptors (Lipinski definition) is 3. The molecule has 0 bridgehead atoms. The molecule has 5 heteroatoms. The molecule has 0 saturated carbocycles. The Balaban J connectivity index is 0.00000361. The van der Waals surface area contributed by atoms with E-state index in [1.165, 1.54) is 29.5 Å². The Morgan fingerprint density at radius 3 is 2.61 bits per heavy atom. The first-order valence-electron chi connectivity index (χ1n) is 13.1. The Morgan fingerprint density at radius 1 is 1.00 bits per heavy atom. The summed E-state index contributed by atoms with van der Waals surface area (Å²) in [6, 6.07) is 25.2. The highest BCUT2D eigenvalue weighted by Gasteiger charge is 2.26. The van der Waals surface area contributed by atoms with Gasteiger partial charge in [-0.15, -0.1) is 12.4 Å². The maximum absolute atomic E-state index is 11.2. The van der Waals surface area contributed by atoms with E-state index in [0.717, 1.165) is 56.6 Å². The predicted octanol–water partition coefficient (Wildman–Crippen LogP) is 7.81. The minimum Gasteiger partial charge on any atom is -0.494 e. The molecule has 3 nitrogen and oxygen atoms in total. The van der Waals surface area contributed by atoms with Crippen LogP contribution in [0.1, 0.15) is 67.4 Å². The predicted molar refractivity (Wildman–Crippen MR) is 152 cm³/mol. The number of aliphatic hydroxyl groups is 1. The summed E-state index contributed by atoms with van der Waals surface area (Å²) in [4.78, 5) is 2.46. The largest absolute Gasteiger partial charge is 0.494 e. The molecule has 0 fully saturated rings. The van der Waals surface area contributed by atoms with E-state index in [2.05, 4.69) is 60.4 Å². The van der Waals surface area contributed by atoms with Crippen LogP contribution in [0, 0.1) is 0 Å². The lowest BCUT2D eigenvalue weighted by molar-refractivity contribution is 0.0778. The van der Waals surface area contributed by atoms with Crippen LogP contribution in [0.25, 0.3) is 0 Å². The Hall–Kier alpha value is -2.04. The van der Waals surface area contributed by atoms with Crippen molar-refractivity contribution in [2.45, 2.75) is 70.6 Å². The Morgan fingerprint density at radius 2 is 1.83 bits per heavy atom. The second-order valence-corrected chi connectivity index (χ2v) is 10.2. The van der Waals surface area contributed by atoms with Crippen LogP contribution in [0.2, 0.25) is 5.02 Å². The molecule has 0 heterocycles. The maximum Gasteiger partial charge on any atom is 0.119 e. The third kappa shape index (κ3) is 8.24. The number of hydrogen-bond donors (Lipinski definition) is 1. The Labute approximate surface area is 227 Å². The maximum atomic E-state index is 11.2. The average molecular weight is 529 g/mol. The molecule has 3 aromatic carbocycles. The summed E-state index contributed by atoms with van der Waals surface area (Å²) in [6.45, 7) is 4.38. The number of rotatable bonds is 11. The molecule has 0 radical (unpaired) electrons. The molecule has 0 saturated heterocycles. The molecule has 0 spiro atoms. The normalized spacial score (nSPS) is 16.1. The van der Waals surface area contributed by atoms with Crippen molar-refractivity contribution in [3.8, 4) is 5.75 Å². The van der Waals surface area contributed by atoms with Crippen LogP contribution in [0.4, 0.5) is 0 Å². The fourth-order valence-electron chi connectivity index (χ4n) is 5.07. The van der Waals surface area contributed by atoms with Gasteiger partial charge in [-0.05, 0) is 78.6 Å². The Kier molecular flexibility index (Phi) is 11.6. The van der Waals surface area contributed by atoms with Gasteiger partial charge in [-0.2, -0.15) is 0 Å². The van der Waals surface area contributed by atoms with E-state index >= 15 is 0 Å².